The largest absolute Gasteiger partial charge is 0.340 e. The molecule has 1 amide bonds. The summed E-state index contributed by atoms with van der Waals surface area (Å²) in [5.74, 6) is 1.94. The van der Waals surface area contributed by atoms with Gasteiger partial charge in [0.25, 0.3) is 0 Å². The van der Waals surface area contributed by atoms with Gasteiger partial charge in [0.2, 0.25) is 5.91 Å². The van der Waals surface area contributed by atoms with E-state index in [9.17, 15) is 4.79 Å². The quantitative estimate of drug-likeness (QED) is 0.751. The summed E-state index contributed by atoms with van der Waals surface area (Å²) < 4.78 is 1.81. The molecule has 4 rings (SSSR count). The molecule has 0 unspecified atom stereocenters. The van der Waals surface area contributed by atoms with Gasteiger partial charge in [0.05, 0.1) is 12.2 Å². The number of hydrogen-bond acceptors (Lipinski definition) is 5. The van der Waals surface area contributed by atoms with E-state index in [2.05, 4.69) is 39.5 Å². The number of rotatable bonds is 6. The Morgan fingerprint density at radius 2 is 1.76 bits per heavy atom. The molecule has 2 aromatic rings. The fraction of sp³-hybridized carbons (Fsp3) is 0.636. The Hall–Kier alpha value is -2.28. The van der Waals surface area contributed by atoms with E-state index in [-0.39, 0.29) is 0 Å². The highest BCUT2D eigenvalue weighted by Crippen LogP contribution is 2.27. The van der Waals surface area contributed by atoms with Crippen molar-refractivity contribution in [1.82, 2.24) is 30.0 Å². The molecule has 0 spiro atoms. The lowest BCUT2D eigenvalue weighted by Gasteiger charge is -2.34. The Kier molecular flexibility index (Phi) is 6.54. The second-order valence-corrected chi connectivity index (χ2v) is 8.54. The van der Waals surface area contributed by atoms with Gasteiger partial charge in [-0.15, -0.1) is 5.10 Å². The molecule has 2 fully saturated rings. The van der Waals surface area contributed by atoms with Crippen molar-refractivity contribution in [2.45, 2.75) is 58.4 Å². The average Bonchev–Trinajstić information content (AvgIpc) is 3.22. The maximum absolute atomic E-state index is 12.6. The van der Waals surface area contributed by atoms with Gasteiger partial charge in [0.1, 0.15) is 0 Å². The molecule has 1 saturated carbocycles. The third-order valence-electron chi connectivity index (χ3n) is 6.39. The molecule has 0 N–H and O–H groups in total. The van der Waals surface area contributed by atoms with E-state index in [1.807, 2.05) is 17.0 Å². The Bertz CT molecular complexity index is 788. The van der Waals surface area contributed by atoms with E-state index < -0.39 is 0 Å². The Morgan fingerprint density at radius 3 is 2.48 bits per heavy atom. The number of nitrogens with zero attached hydrogens (tertiary/aromatic N) is 6. The number of aryl methyl sites for hydroxylation is 1. The number of carbonyl (C=O) groups excluding carboxylic acids is 1. The fourth-order valence-electron chi connectivity index (χ4n) is 4.51. The lowest BCUT2D eigenvalue weighted by molar-refractivity contribution is -0.133. The van der Waals surface area contributed by atoms with Crippen LogP contribution in [0, 0.1) is 12.8 Å². The van der Waals surface area contributed by atoms with Crippen LogP contribution in [-0.4, -0.2) is 62.1 Å². The highest BCUT2D eigenvalue weighted by Gasteiger charge is 2.23. The van der Waals surface area contributed by atoms with Crippen molar-refractivity contribution in [3.63, 3.8) is 0 Å². The minimum atomic E-state index is 0.333. The zero-order valence-electron chi connectivity index (χ0n) is 17.5. The molecule has 0 bridgehead atoms. The van der Waals surface area contributed by atoms with Crippen LogP contribution in [0.4, 0.5) is 0 Å². The first-order valence-electron chi connectivity index (χ1n) is 11.0. The lowest BCUT2D eigenvalue weighted by atomic mass is 9.86. The second-order valence-electron chi connectivity index (χ2n) is 8.54. The van der Waals surface area contributed by atoms with Gasteiger partial charge in [0.15, 0.2) is 5.82 Å². The number of benzene rings is 1. The second kappa shape index (κ2) is 9.48. The lowest BCUT2D eigenvalue weighted by Crippen LogP contribution is -2.48. The van der Waals surface area contributed by atoms with Crippen LogP contribution in [0.1, 0.15) is 56.3 Å². The molecule has 2 aliphatic rings. The van der Waals surface area contributed by atoms with E-state index >= 15 is 0 Å². The minimum absolute atomic E-state index is 0.333. The highest BCUT2D eigenvalue weighted by atomic mass is 16.2. The van der Waals surface area contributed by atoms with Crippen LogP contribution in [0.25, 0.3) is 5.69 Å². The Morgan fingerprint density at radius 1 is 1.03 bits per heavy atom. The number of amides is 1. The van der Waals surface area contributed by atoms with E-state index in [4.69, 9.17) is 0 Å². The number of aromatic nitrogens is 4. The topological polar surface area (TPSA) is 67.2 Å². The minimum Gasteiger partial charge on any atom is -0.340 e. The van der Waals surface area contributed by atoms with E-state index in [1.54, 1.807) is 4.68 Å². The fourth-order valence-corrected chi connectivity index (χ4v) is 4.51. The number of tetrazole rings is 1. The molecule has 0 radical (unpaired) electrons. The molecule has 29 heavy (non-hydrogen) atoms. The summed E-state index contributed by atoms with van der Waals surface area (Å²) in [5.41, 5.74) is 2.19. The van der Waals surface area contributed by atoms with Gasteiger partial charge in [-0.2, -0.15) is 4.68 Å². The van der Waals surface area contributed by atoms with E-state index in [1.165, 1.54) is 37.7 Å². The van der Waals surface area contributed by atoms with Crippen LogP contribution in [0.3, 0.4) is 0 Å². The predicted molar refractivity (Wildman–Crippen MR) is 112 cm³/mol. The molecule has 2 heterocycles. The summed E-state index contributed by atoms with van der Waals surface area (Å²) in [5, 5.41) is 12.3. The molecule has 7 nitrogen and oxygen atoms in total. The van der Waals surface area contributed by atoms with Crippen LogP contribution in [0.5, 0.6) is 0 Å². The summed E-state index contributed by atoms with van der Waals surface area (Å²) in [6.07, 6.45) is 8.49. The zero-order valence-corrected chi connectivity index (χ0v) is 17.5. The highest BCUT2D eigenvalue weighted by molar-refractivity contribution is 5.76. The van der Waals surface area contributed by atoms with Gasteiger partial charge >= 0.3 is 0 Å². The third-order valence-corrected chi connectivity index (χ3v) is 6.39. The standard InChI is InChI=1S/C22H32N6O/c1-18-7-10-20(11-8-18)28-21(23-24-25-28)17-26-13-15-27(16-14-26)22(29)12-9-19-5-3-2-4-6-19/h7-8,10-11,19H,2-6,9,12-17H2,1H3. The maximum atomic E-state index is 12.6. The molecule has 1 aromatic carbocycles. The van der Waals surface area contributed by atoms with Crippen LogP contribution >= 0.6 is 0 Å². The molecular formula is C22H32N6O. The van der Waals surface area contributed by atoms with Crippen molar-refractivity contribution in [3.8, 4) is 5.69 Å². The van der Waals surface area contributed by atoms with Gasteiger partial charge in [-0.05, 0) is 41.8 Å². The summed E-state index contributed by atoms with van der Waals surface area (Å²) in [4.78, 5) is 17.0. The first-order valence-corrected chi connectivity index (χ1v) is 11.0. The molecule has 1 saturated heterocycles. The van der Waals surface area contributed by atoms with Crippen LogP contribution in [0.2, 0.25) is 0 Å². The SMILES string of the molecule is Cc1ccc(-n2nnnc2CN2CCN(C(=O)CCC3CCCCC3)CC2)cc1. The van der Waals surface area contributed by atoms with Crippen molar-refractivity contribution in [3.05, 3.63) is 35.7 Å². The van der Waals surface area contributed by atoms with Crippen LogP contribution < -0.4 is 0 Å². The van der Waals surface area contributed by atoms with Gasteiger partial charge in [-0.3, -0.25) is 9.69 Å². The van der Waals surface area contributed by atoms with Crippen LogP contribution in [-0.2, 0) is 11.3 Å². The van der Waals surface area contributed by atoms with Crippen molar-refractivity contribution >= 4 is 5.91 Å². The molecule has 0 atom stereocenters. The van der Waals surface area contributed by atoms with Gasteiger partial charge < -0.3 is 4.90 Å². The summed E-state index contributed by atoms with van der Waals surface area (Å²) in [6, 6.07) is 8.22. The summed E-state index contributed by atoms with van der Waals surface area (Å²) in [7, 11) is 0. The van der Waals surface area contributed by atoms with Crippen molar-refractivity contribution in [2.75, 3.05) is 26.2 Å². The first kappa shape index (κ1) is 20.0. The Labute approximate surface area is 173 Å². The van der Waals surface area contributed by atoms with Gasteiger partial charge in [0, 0.05) is 32.6 Å². The number of carbonyl (C=O) groups is 1. The summed E-state index contributed by atoms with van der Waals surface area (Å²) >= 11 is 0. The average molecular weight is 397 g/mol. The monoisotopic (exact) mass is 396 g/mol. The molecule has 7 heteroatoms. The maximum Gasteiger partial charge on any atom is 0.222 e. The summed E-state index contributed by atoms with van der Waals surface area (Å²) in [6.45, 7) is 6.11. The predicted octanol–water partition coefficient (Wildman–Crippen LogP) is 2.98. The smallest absolute Gasteiger partial charge is 0.222 e. The molecule has 1 aliphatic carbocycles. The molecular weight excluding hydrogens is 364 g/mol. The first-order chi connectivity index (χ1) is 14.2. The van der Waals surface area contributed by atoms with E-state index in [0.717, 1.165) is 56.5 Å². The number of hydrogen-bond donors (Lipinski definition) is 0. The zero-order chi connectivity index (χ0) is 20.1. The van der Waals surface area contributed by atoms with Crippen LogP contribution in [0.15, 0.2) is 24.3 Å². The van der Waals surface area contributed by atoms with Gasteiger partial charge in [-0.1, -0.05) is 49.8 Å². The van der Waals surface area contributed by atoms with Crippen molar-refractivity contribution in [2.24, 2.45) is 5.92 Å². The van der Waals surface area contributed by atoms with Gasteiger partial charge in [-0.25, -0.2) is 0 Å². The third kappa shape index (κ3) is 5.21. The van der Waals surface area contributed by atoms with Crippen molar-refractivity contribution in [1.29, 1.82) is 0 Å². The molecule has 1 aromatic heterocycles. The molecule has 156 valence electrons. The molecule has 1 aliphatic heterocycles. The number of piperazine rings is 1. The Balaban J connectivity index is 1.25. The van der Waals surface area contributed by atoms with E-state index in [0.29, 0.717) is 12.5 Å². The normalized spacial score (nSPS) is 18.9. The van der Waals surface area contributed by atoms with Crippen molar-refractivity contribution < 1.29 is 4.79 Å².